The van der Waals surface area contributed by atoms with Crippen molar-refractivity contribution in [3.8, 4) is 6.07 Å². The summed E-state index contributed by atoms with van der Waals surface area (Å²) in [6.07, 6.45) is 2.16. The van der Waals surface area contributed by atoms with Gasteiger partial charge >= 0.3 is 0 Å². The molecule has 0 aliphatic heterocycles. The standard InChI is InChI=1S/C14H17N3O/c1-10(14(18)16-12-7-8-12)17(2)13-6-4-3-5-11(13)9-15/h3-6,10,12H,7-8H2,1-2H3,(H,16,18). The van der Waals surface area contributed by atoms with Gasteiger partial charge in [0.2, 0.25) is 5.91 Å². The molecule has 4 nitrogen and oxygen atoms in total. The number of hydrogen-bond donors (Lipinski definition) is 1. The summed E-state index contributed by atoms with van der Waals surface area (Å²) in [7, 11) is 1.84. The Morgan fingerprint density at radius 1 is 1.50 bits per heavy atom. The Balaban J connectivity index is 2.11. The molecule has 0 saturated heterocycles. The van der Waals surface area contributed by atoms with Crippen LogP contribution in [0, 0.1) is 11.3 Å². The molecule has 1 fully saturated rings. The van der Waals surface area contributed by atoms with Gasteiger partial charge in [0.25, 0.3) is 0 Å². The van der Waals surface area contributed by atoms with Crippen LogP contribution in [0.1, 0.15) is 25.3 Å². The predicted molar refractivity (Wildman–Crippen MR) is 70.2 cm³/mol. The zero-order chi connectivity index (χ0) is 13.1. The van der Waals surface area contributed by atoms with Crippen molar-refractivity contribution in [3.05, 3.63) is 29.8 Å². The number of para-hydroxylation sites is 1. The van der Waals surface area contributed by atoms with Gasteiger partial charge in [0.1, 0.15) is 12.1 Å². The average molecular weight is 243 g/mol. The molecular formula is C14H17N3O. The highest BCUT2D eigenvalue weighted by atomic mass is 16.2. The Bertz CT molecular complexity index is 488. The highest BCUT2D eigenvalue weighted by molar-refractivity contribution is 5.85. The predicted octanol–water partition coefficient (Wildman–Crippen LogP) is 1.66. The zero-order valence-corrected chi connectivity index (χ0v) is 10.7. The van der Waals surface area contributed by atoms with Crippen molar-refractivity contribution in [1.82, 2.24) is 5.32 Å². The molecule has 18 heavy (non-hydrogen) atoms. The Morgan fingerprint density at radius 2 is 2.17 bits per heavy atom. The van der Waals surface area contributed by atoms with Gasteiger partial charge in [0.05, 0.1) is 11.3 Å². The number of hydrogen-bond acceptors (Lipinski definition) is 3. The maximum atomic E-state index is 12.0. The van der Waals surface area contributed by atoms with Crippen LogP contribution < -0.4 is 10.2 Å². The van der Waals surface area contributed by atoms with E-state index in [1.807, 2.05) is 37.1 Å². The van der Waals surface area contributed by atoms with E-state index in [2.05, 4.69) is 11.4 Å². The number of carbonyl (C=O) groups excluding carboxylic acids is 1. The summed E-state index contributed by atoms with van der Waals surface area (Å²) in [4.78, 5) is 13.8. The molecule has 1 unspecified atom stereocenters. The lowest BCUT2D eigenvalue weighted by Crippen LogP contribution is -2.44. The second-order valence-corrected chi connectivity index (χ2v) is 4.70. The Hall–Kier alpha value is -2.02. The van der Waals surface area contributed by atoms with Crippen LogP contribution in [0.25, 0.3) is 0 Å². The summed E-state index contributed by atoms with van der Waals surface area (Å²) in [5, 5.41) is 12.0. The van der Waals surface area contributed by atoms with Crippen LogP contribution in [0.3, 0.4) is 0 Å². The molecule has 0 radical (unpaired) electrons. The third-order valence-corrected chi connectivity index (χ3v) is 3.29. The van der Waals surface area contributed by atoms with Gasteiger partial charge in [-0.3, -0.25) is 4.79 Å². The SMILES string of the molecule is CC(C(=O)NC1CC1)N(C)c1ccccc1C#N. The molecule has 1 saturated carbocycles. The van der Waals surface area contributed by atoms with Crippen molar-refractivity contribution in [2.75, 3.05) is 11.9 Å². The molecule has 0 spiro atoms. The highest BCUT2D eigenvalue weighted by Crippen LogP contribution is 2.22. The first-order chi connectivity index (χ1) is 8.63. The Morgan fingerprint density at radius 3 is 2.78 bits per heavy atom. The van der Waals surface area contributed by atoms with Crippen LogP contribution in [0.15, 0.2) is 24.3 Å². The van der Waals surface area contributed by atoms with E-state index in [0.717, 1.165) is 18.5 Å². The molecule has 1 N–H and O–H groups in total. The molecule has 0 aromatic heterocycles. The van der Waals surface area contributed by atoms with Crippen LogP contribution in [0.2, 0.25) is 0 Å². The maximum absolute atomic E-state index is 12.0. The van der Waals surface area contributed by atoms with Gasteiger partial charge < -0.3 is 10.2 Å². The van der Waals surface area contributed by atoms with E-state index in [-0.39, 0.29) is 11.9 Å². The molecule has 2 rings (SSSR count). The van der Waals surface area contributed by atoms with E-state index < -0.39 is 0 Å². The van der Waals surface area contributed by atoms with Crippen LogP contribution in [0.4, 0.5) is 5.69 Å². The number of amides is 1. The van der Waals surface area contributed by atoms with Crippen molar-refractivity contribution >= 4 is 11.6 Å². The summed E-state index contributed by atoms with van der Waals surface area (Å²) >= 11 is 0. The molecule has 0 heterocycles. The highest BCUT2D eigenvalue weighted by Gasteiger charge is 2.27. The maximum Gasteiger partial charge on any atom is 0.242 e. The fourth-order valence-electron chi connectivity index (χ4n) is 1.81. The second kappa shape index (κ2) is 5.09. The summed E-state index contributed by atoms with van der Waals surface area (Å²) < 4.78 is 0. The summed E-state index contributed by atoms with van der Waals surface area (Å²) in [5.74, 6) is 0.0211. The van der Waals surface area contributed by atoms with Crippen molar-refractivity contribution in [1.29, 1.82) is 5.26 Å². The molecule has 4 heteroatoms. The Labute approximate surface area is 107 Å². The van der Waals surface area contributed by atoms with Crippen LogP contribution in [0.5, 0.6) is 0 Å². The van der Waals surface area contributed by atoms with Crippen molar-refractivity contribution in [2.45, 2.75) is 31.8 Å². The first-order valence-electron chi connectivity index (χ1n) is 6.16. The number of nitriles is 1. The second-order valence-electron chi connectivity index (χ2n) is 4.70. The third-order valence-electron chi connectivity index (χ3n) is 3.29. The monoisotopic (exact) mass is 243 g/mol. The van der Waals surface area contributed by atoms with Gasteiger partial charge in [0, 0.05) is 13.1 Å². The van der Waals surface area contributed by atoms with Crippen LogP contribution >= 0.6 is 0 Å². The van der Waals surface area contributed by atoms with Crippen LogP contribution in [-0.2, 0) is 4.79 Å². The van der Waals surface area contributed by atoms with E-state index in [0.29, 0.717) is 11.6 Å². The minimum Gasteiger partial charge on any atom is -0.362 e. The number of anilines is 1. The van der Waals surface area contributed by atoms with E-state index >= 15 is 0 Å². The molecular weight excluding hydrogens is 226 g/mol. The summed E-state index contributed by atoms with van der Waals surface area (Å²) in [6, 6.07) is 9.55. The van der Waals surface area contributed by atoms with E-state index in [9.17, 15) is 4.79 Å². The van der Waals surface area contributed by atoms with Gasteiger partial charge in [-0.25, -0.2) is 0 Å². The van der Waals surface area contributed by atoms with Crippen molar-refractivity contribution in [2.24, 2.45) is 0 Å². The Kier molecular flexibility index (Phi) is 3.52. The number of rotatable bonds is 4. The normalized spacial score (nSPS) is 15.6. The summed E-state index contributed by atoms with van der Waals surface area (Å²) in [5.41, 5.74) is 1.38. The minimum absolute atomic E-state index is 0.0211. The lowest BCUT2D eigenvalue weighted by atomic mass is 10.1. The molecule has 1 aliphatic carbocycles. The smallest absolute Gasteiger partial charge is 0.242 e. The average Bonchev–Trinajstić information content (AvgIpc) is 3.20. The number of benzene rings is 1. The summed E-state index contributed by atoms with van der Waals surface area (Å²) in [6.45, 7) is 1.85. The molecule has 1 amide bonds. The van der Waals surface area contributed by atoms with Gasteiger partial charge in [0.15, 0.2) is 0 Å². The lowest BCUT2D eigenvalue weighted by molar-refractivity contribution is -0.122. The third kappa shape index (κ3) is 2.62. The van der Waals surface area contributed by atoms with Crippen molar-refractivity contribution < 1.29 is 4.79 Å². The largest absolute Gasteiger partial charge is 0.362 e. The van der Waals surface area contributed by atoms with Crippen molar-refractivity contribution in [3.63, 3.8) is 0 Å². The molecule has 1 aromatic carbocycles. The van der Waals surface area contributed by atoms with Gasteiger partial charge in [-0.2, -0.15) is 5.26 Å². The molecule has 1 aliphatic rings. The molecule has 94 valence electrons. The van der Waals surface area contributed by atoms with E-state index in [1.54, 1.807) is 6.07 Å². The lowest BCUT2D eigenvalue weighted by Gasteiger charge is -2.26. The van der Waals surface area contributed by atoms with Gasteiger partial charge in [-0.1, -0.05) is 12.1 Å². The topological polar surface area (TPSA) is 56.1 Å². The van der Waals surface area contributed by atoms with E-state index in [4.69, 9.17) is 5.26 Å². The number of nitrogens with one attached hydrogen (secondary N) is 1. The first kappa shape index (κ1) is 12.4. The fraction of sp³-hybridized carbons (Fsp3) is 0.429. The van der Waals surface area contributed by atoms with E-state index in [1.165, 1.54) is 0 Å². The first-order valence-corrected chi connectivity index (χ1v) is 6.16. The number of carbonyl (C=O) groups is 1. The minimum atomic E-state index is -0.278. The van der Waals surface area contributed by atoms with Crippen LogP contribution in [-0.4, -0.2) is 25.0 Å². The number of nitrogens with zero attached hydrogens (tertiary/aromatic N) is 2. The van der Waals surface area contributed by atoms with Gasteiger partial charge in [-0.05, 0) is 31.9 Å². The van der Waals surface area contributed by atoms with Gasteiger partial charge in [-0.15, -0.1) is 0 Å². The fourth-order valence-corrected chi connectivity index (χ4v) is 1.81. The molecule has 0 bridgehead atoms. The zero-order valence-electron chi connectivity index (χ0n) is 10.7. The number of likely N-dealkylation sites (N-methyl/N-ethyl adjacent to an activating group) is 1. The molecule has 1 aromatic rings. The quantitative estimate of drug-likeness (QED) is 0.875. The molecule has 1 atom stereocenters.